The van der Waals surface area contributed by atoms with E-state index in [1.807, 2.05) is 12.2 Å². The van der Waals surface area contributed by atoms with Gasteiger partial charge in [-0.05, 0) is 51.0 Å². The van der Waals surface area contributed by atoms with E-state index in [2.05, 4.69) is 0 Å². The number of imide groups is 1. The predicted molar refractivity (Wildman–Crippen MR) is 157 cm³/mol. The molecule has 2 aromatic heterocycles. The molecule has 6 rings (SSSR count). The van der Waals surface area contributed by atoms with Crippen molar-refractivity contribution >= 4 is 39.7 Å². The first-order valence-electron chi connectivity index (χ1n) is 14.2. The van der Waals surface area contributed by atoms with Gasteiger partial charge >= 0.3 is 17.2 Å². The van der Waals surface area contributed by atoms with Crippen LogP contribution in [0.2, 0.25) is 0 Å². The summed E-state index contributed by atoms with van der Waals surface area (Å²) in [5.74, 6) is -1.43. The minimum Gasteiger partial charge on any atom is -0.508 e. The maximum absolute atomic E-state index is 12.6. The number of esters is 1. The highest BCUT2D eigenvalue weighted by atomic mass is 16.5. The van der Waals surface area contributed by atoms with E-state index < -0.39 is 17.2 Å². The Bertz CT molecular complexity index is 1960. The third-order valence-electron chi connectivity index (χ3n) is 8.33. The summed E-state index contributed by atoms with van der Waals surface area (Å²) in [5.41, 5.74) is 1.23. The second-order valence-corrected chi connectivity index (χ2v) is 11.0. The Morgan fingerprint density at radius 3 is 2.05 bits per heavy atom. The molecule has 0 spiro atoms. The molecule has 2 amide bonds. The van der Waals surface area contributed by atoms with Crippen molar-refractivity contribution in [2.24, 2.45) is 11.8 Å². The second-order valence-electron chi connectivity index (χ2n) is 11.0. The summed E-state index contributed by atoms with van der Waals surface area (Å²) < 4.78 is 22.2. The average molecular weight is 600 g/mol. The van der Waals surface area contributed by atoms with E-state index in [0.717, 1.165) is 4.90 Å². The number of hydrogen-bond acceptors (Lipinski definition) is 10. The molecule has 2 aromatic carbocycles. The number of likely N-dealkylation sites (tertiary alicyclic amines) is 1. The number of phenolic OH excluding ortho intramolecular Hbond substituents is 1. The molecular weight excluding hydrogens is 570 g/mol. The number of amides is 2. The molecule has 226 valence electrons. The van der Waals surface area contributed by atoms with Gasteiger partial charge in [-0.15, -0.1) is 0 Å². The maximum atomic E-state index is 12.6. The summed E-state index contributed by atoms with van der Waals surface area (Å²) in [4.78, 5) is 63.6. The molecular formula is C33H29NO10. The molecule has 0 radical (unpaired) electrons. The van der Waals surface area contributed by atoms with Crippen molar-refractivity contribution in [3.8, 4) is 11.5 Å². The average Bonchev–Trinajstić information content (AvgIpc) is 3.25. The number of aromatic hydroxyl groups is 1. The normalized spacial score (nSPS) is 17.8. The number of rotatable bonds is 8. The minimum absolute atomic E-state index is 0.000225. The second kappa shape index (κ2) is 11.5. The molecule has 1 aliphatic carbocycles. The topological polar surface area (TPSA) is 154 Å². The monoisotopic (exact) mass is 599 g/mol. The van der Waals surface area contributed by atoms with Gasteiger partial charge in [0, 0.05) is 51.7 Å². The number of aryl methyl sites for hydroxylation is 2. The van der Waals surface area contributed by atoms with Gasteiger partial charge in [-0.25, -0.2) is 9.59 Å². The number of phenols is 1. The van der Waals surface area contributed by atoms with Crippen LogP contribution in [-0.4, -0.2) is 34.3 Å². The van der Waals surface area contributed by atoms with Crippen LogP contribution in [0.25, 0.3) is 21.9 Å². The summed E-state index contributed by atoms with van der Waals surface area (Å²) in [7, 11) is 0. The number of nitrogens with zero attached hydrogens (tertiary/aromatic N) is 1. The fourth-order valence-corrected chi connectivity index (χ4v) is 5.90. The van der Waals surface area contributed by atoms with Gasteiger partial charge in [0.05, 0.1) is 18.3 Å². The molecule has 1 saturated heterocycles. The molecule has 2 atom stereocenters. The molecule has 11 nitrogen and oxygen atoms in total. The molecule has 4 aromatic rings. The molecule has 3 heterocycles. The van der Waals surface area contributed by atoms with Gasteiger partial charge in [0.2, 0.25) is 11.8 Å². The van der Waals surface area contributed by atoms with Gasteiger partial charge in [-0.2, -0.15) is 0 Å². The van der Waals surface area contributed by atoms with Crippen molar-refractivity contribution in [1.29, 1.82) is 0 Å². The SMILES string of the molecule is Cc1c(O)ccc2c(COc3ccc4c(COC(=O)CCN5C(=O)[C@H]6CC=CC[C@@H]6C5=O)cc(=O)oc4c3C)cc(=O)oc12. The molecule has 1 aliphatic heterocycles. The number of ether oxygens (including phenoxy) is 2. The third-order valence-corrected chi connectivity index (χ3v) is 8.33. The Morgan fingerprint density at radius 2 is 1.41 bits per heavy atom. The van der Waals surface area contributed by atoms with Crippen LogP contribution in [0.3, 0.4) is 0 Å². The fourth-order valence-electron chi connectivity index (χ4n) is 5.90. The standard InChI is InChI=1S/C33H29NO10/c1-17-25(35)9-7-21-19(13-28(37)43-30(17)21)15-41-26-10-8-22-20(14-29(38)44-31(22)18(26)2)16-42-27(36)11-12-34-32(39)23-5-3-4-6-24(23)33(34)40/h3-4,7-10,13-14,23-24,35H,5-6,11-12,15-16H2,1-2H3/t23-,24-/m0/s1. The van der Waals surface area contributed by atoms with Crippen molar-refractivity contribution in [3.63, 3.8) is 0 Å². The van der Waals surface area contributed by atoms with E-state index in [1.54, 1.807) is 32.0 Å². The lowest BCUT2D eigenvalue weighted by atomic mass is 9.85. The van der Waals surface area contributed by atoms with E-state index in [1.165, 1.54) is 18.2 Å². The number of carbonyl (C=O) groups is 3. The van der Waals surface area contributed by atoms with E-state index >= 15 is 0 Å². The van der Waals surface area contributed by atoms with Gasteiger partial charge < -0.3 is 23.4 Å². The van der Waals surface area contributed by atoms with Gasteiger partial charge in [0.1, 0.15) is 35.9 Å². The summed E-state index contributed by atoms with van der Waals surface area (Å²) in [6.07, 6.45) is 4.70. The van der Waals surface area contributed by atoms with Crippen molar-refractivity contribution in [1.82, 2.24) is 4.90 Å². The highest BCUT2D eigenvalue weighted by Crippen LogP contribution is 2.35. The van der Waals surface area contributed by atoms with E-state index in [-0.39, 0.29) is 66.7 Å². The van der Waals surface area contributed by atoms with Crippen LogP contribution in [0.15, 0.2) is 67.0 Å². The van der Waals surface area contributed by atoms with Crippen molar-refractivity contribution in [3.05, 3.63) is 91.6 Å². The number of allylic oxidation sites excluding steroid dienone is 2. The Morgan fingerprint density at radius 1 is 0.841 bits per heavy atom. The zero-order valence-electron chi connectivity index (χ0n) is 24.1. The smallest absolute Gasteiger partial charge is 0.336 e. The molecule has 0 unspecified atom stereocenters. The number of benzene rings is 2. The molecule has 0 bridgehead atoms. The van der Waals surface area contributed by atoms with E-state index in [9.17, 15) is 29.1 Å². The van der Waals surface area contributed by atoms with Crippen LogP contribution >= 0.6 is 0 Å². The molecule has 1 N–H and O–H groups in total. The van der Waals surface area contributed by atoms with Crippen LogP contribution in [0.5, 0.6) is 11.5 Å². The first-order chi connectivity index (χ1) is 21.1. The Balaban J connectivity index is 1.15. The highest BCUT2D eigenvalue weighted by molar-refractivity contribution is 6.05. The fraction of sp³-hybridized carbons (Fsp3) is 0.303. The summed E-state index contributed by atoms with van der Waals surface area (Å²) in [6, 6.07) is 9.09. The molecule has 11 heteroatoms. The predicted octanol–water partition coefficient (Wildman–Crippen LogP) is 4.19. The lowest BCUT2D eigenvalue weighted by Gasteiger charge is -2.15. The zero-order chi connectivity index (χ0) is 31.1. The summed E-state index contributed by atoms with van der Waals surface area (Å²) >= 11 is 0. The van der Waals surface area contributed by atoms with Crippen LogP contribution in [0.1, 0.15) is 41.5 Å². The van der Waals surface area contributed by atoms with Gasteiger partial charge in [0.25, 0.3) is 0 Å². The van der Waals surface area contributed by atoms with Crippen LogP contribution in [0, 0.1) is 25.7 Å². The van der Waals surface area contributed by atoms with Crippen molar-refractivity contribution in [2.45, 2.75) is 46.3 Å². The molecule has 1 fully saturated rings. The molecule has 44 heavy (non-hydrogen) atoms. The first kappa shape index (κ1) is 28.9. The van der Waals surface area contributed by atoms with E-state index in [0.29, 0.717) is 51.6 Å². The van der Waals surface area contributed by atoms with Gasteiger partial charge in [0.15, 0.2) is 0 Å². The summed E-state index contributed by atoms with van der Waals surface area (Å²) in [6.45, 7) is 3.09. The third kappa shape index (κ3) is 5.25. The van der Waals surface area contributed by atoms with Crippen molar-refractivity contribution in [2.75, 3.05) is 6.54 Å². The molecule has 2 aliphatic rings. The highest BCUT2D eigenvalue weighted by Gasteiger charge is 2.47. The zero-order valence-corrected chi connectivity index (χ0v) is 24.1. The quantitative estimate of drug-likeness (QED) is 0.135. The van der Waals surface area contributed by atoms with Crippen LogP contribution in [0.4, 0.5) is 0 Å². The van der Waals surface area contributed by atoms with Crippen LogP contribution in [-0.2, 0) is 32.3 Å². The number of carbonyl (C=O) groups excluding carboxylic acids is 3. The summed E-state index contributed by atoms with van der Waals surface area (Å²) in [5, 5.41) is 11.2. The Kier molecular flexibility index (Phi) is 7.54. The molecule has 0 saturated carbocycles. The Labute approximate surface area is 250 Å². The van der Waals surface area contributed by atoms with Crippen LogP contribution < -0.4 is 16.0 Å². The number of fused-ring (bicyclic) bond motifs is 3. The Hall–Kier alpha value is -5.19. The first-order valence-corrected chi connectivity index (χ1v) is 14.2. The number of hydrogen-bond donors (Lipinski definition) is 1. The van der Waals surface area contributed by atoms with Crippen molar-refractivity contribution < 1.29 is 37.8 Å². The maximum Gasteiger partial charge on any atom is 0.336 e. The van der Waals surface area contributed by atoms with Gasteiger partial charge in [-0.3, -0.25) is 19.3 Å². The lowest BCUT2D eigenvalue weighted by Crippen LogP contribution is -2.33. The minimum atomic E-state index is -0.643. The lowest BCUT2D eigenvalue weighted by molar-refractivity contribution is -0.146. The van der Waals surface area contributed by atoms with Gasteiger partial charge in [-0.1, -0.05) is 12.2 Å². The largest absolute Gasteiger partial charge is 0.508 e. The van der Waals surface area contributed by atoms with E-state index in [4.69, 9.17) is 18.3 Å².